The van der Waals surface area contributed by atoms with E-state index in [9.17, 15) is 9.18 Å². The van der Waals surface area contributed by atoms with Crippen LogP contribution in [-0.4, -0.2) is 22.6 Å². The van der Waals surface area contributed by atoms with Gasteiger partial charge in [0.15, 0.2) is 5.82 Å². The molecular weight excluding hydrogens is 299 g/mol. The molecule has 0 saturated heterocycles. The molecule has 7 heteroatoms. The Morgan fingerprint density at radius 2 is 2.09 bits per heavy atom. The van der Waals surface area contributed by atoms with Gasteiger partial charge in [0, 0.05) is 24.0 Å². The van der Waals surface area contributed by atoms with E-state index in [1.54, 1.807) is 10.6 Å². The third-order valence-corrected chi connectivity index (χ3v) is 3.51. The molecule has 0 radical (unpaired) electrons. The third-order valence-electron chi connectivity index (χ3n) is 3.51. The molecule has 0 atom stereocenters. The van der Waals surface area contributed by atoms with Crippen LogP contribution in [0.1, 0.15) is 10.5 Å². The largest absolute Gasteiger partial charge is 0.479 e. The zero-order valence-corrected chi connectivity index (χ0v) is 12.6. The minimum absolute atomic E-state index is 0.101. The van der Waals surface area contributed by atoms with Crippen molar-refractivity contribution in [3.63, 3.8) is 0 Å². The van der Waals surface area contributed by atoms with Gasteiger partial charge in [-0.3, -0.25) is 15.6 Å². The zero-order chi connectivity index (χ0) is 16.4. The smallest absolute Gasteiger partial charge is 0.286 e. The van der Waals surface area contributed by atoms with E-state index >= 15 is 0 Å². The van der Waals surface area contributed by atoms with Gasteiger partial charge < -0.3 is 9.30 Å². The summed E-state index contributed by atoms with van der Waals surface area (Å²) in [6.07, 6.45) is 1.36. The van der Waals surface area contributed by atoms with Crippen molar-refractivity contribution < 1.29 is 13.9 Å². The van der Waals surface area contributed by atoms with Gasteiger partial charge in [-0.1, -0.05) is 18.2 Å². The number of benzene rings is 1. The highest BCUT2D eigenvalue weighted by molar-refractivity contribution is 5.99. The molecule has 0 fully saturated rings. The fourth-order valence-electron chi connectivity index (χ4n) is 2.34. The Morgan fingerprint density at radius 3 is 2.78 bits per heavy atom. The van der Waals surface area contributed by atoms with E-state index in [0.29, 0.717) is 11.4 Å². The maximum absolute atomic E-state index is 13.6. The van der Waals surface area contributed by atoms with Gasteiger partial charge in [-0.25, -0.2) is 9.37 Å². The lowest BCUT2D eigenvalue weighted by molar-refractivity contribution is 0.0955. The van der Waals surface area contributed by atoms with E-state index in [-0.39, 0.29) is 11.8 Å². The summed E-state index contributed by atoms with van der Waals surface area (Å²) in [7, 11) is 3.15. The lowest BCUT2D eigenvalue weighted by Crippen LogP contribution is -2.30. The minimum atomic E-state index is -0.614. The van der Waals surface area contributed by atoms with Crippen molar-refractivity contribution in [2.24, 2.45) is 7.05 Å². The first kappa shape index (κ1) is 14.8. The Bertz CT molecular complexity index is 876. The molecule has 2 N–H and O–H groups in total. The molecule has 0 aliphatic heterocycles. The van der Waals surface area contributed by atoms with Gasteiger partial charge in [-0.05, 0) is 12.1 Å². The van der Waals surface area contributed by atoms with Gasteiger partial charge in [0.1, 0.15) is 5.69 Å². The molecule has 0 aliphatic carbocycles. The van der Waals surface area contributed by atoms with E-state index in [0.717, 1.165) is 10.9 Å². The molecule has 23 heavy (non-hydrogen) atoms. The number of carbonyl (C=O) groups is 1. The first-order valence-corrected chi connectivity index (χ1v) is 6.90. The predicted molar refractivity (Wildman–Crippen MR) is 84.8 cm³/mol. The van der Waals surface area contributed by atoms with Crippen LogP contribution in [0.2, 0.25) is 0 Å². The van der Waals surface area contributed by atoms with Crippen molar-refractivity contribution >= 4 is 22.5 Å². The van der Waals surface area contributed by atoms with Gasteiger partial charge in [-0.2, -0.15) is 0 Å². The van der Waals surface area contributed by atoms with Crippen molar-refractivity contribution in [3.05, 3.63) is 54.1 Å². The highest BCUT2D eigenvalue weighted by Crippen LogP contribution is 2.19. The average Bonchev–Trinajstić information content (AvgIpc) is 2.90. The molecule has 1 aromatic carbocycles. The molecule has 0 bridgehead atoms. The van der Waals surface area contributed by atoms with E-state index in [4.69, 9.17) is 4.74 Å². The number of ether oxygens (including phenoxy) is 1. The van der Waals surface area contributed by atoms with Gasteiger partial charge in [0.25, 0.3) is 5.91 Å². The van der Waals surface area contributed by atoms with Crippen LogP contribution < -0.4 is 15.6 Å². The van der Waals surface area contributed by atoms with Crippen molar-refractivity contribution in [2.45, 2.75) is 0 Å². The second-order valence-electron chi connectivity index (χ2n) is 4.94. The maximum Gasteiger partial charge on any atom is 0.286 e. The Labute approximate surface area is 131 Å². The van der Waals surface area contributed by atoms with Crippen molar-refractivity contribution in [2.75, 3.05) is 12.5 Å². The monoisotopic (exact) mass is 314 g/mol. The second kappa shape index (κ2) is 5.96. The number of methoxy groups -OCH3 is 1. The van der Waals surface area contributed by atoms with E-state index < -0.39 is 5.82 Å². The number of para-hydroxylation sites is 1. The lowest BCUT2D eigenvalue weighted by atomic mass is 10.2. The number of pyridine rings is 1. The van der Waals surface area contributed by atoms with Gasteiger partial charge >= 0.3 is 0 Å². The number of aryl methyl sites for hydroxylation is 1. The second-order valence-corrected chi connectivity index (χ2v) is 4.94. The number of halogens is 1. The number of hydrogen-bond acceptors (Lipinski definition) is 4. The minimum Gasteiger partial charge on any atom is -0.479 e. The molecule has 1 amide bonds. The molecule has 6 nitrogen and oxygen atoms in total. The number of fused-ring (bicyclic) bond motifs is 1. The Hall–Kier alpha value is -3.09. The number of hydrogen-bond donors (Lipinski definition) is 2. The molecule has 0 aliphatic rings. The highest BCUT2D eigenvalue weighted by atomic mass is 19.1. The first-order valence-electron chi connectivity index (χ1n) is 6.90. The summed E-state index contributed by atoms with van der Waals surface area (Å²) in [6, 6.07) is 10.7. The zero-order valence-electron chi connectivity index (χ0n) is 12.6. The van der Waals surface area contributed by atoms with Crippen LogP contribution in [0, 0.1) is 5.82 Å². The third kappa shape index (κ3) is 2.80. The van der Waals surface area contributed by atoms with Gasteiger partial charge in [0.2, 0.25) is 5.88 Å². The van der Waals surface area contributed by atoms with Gasteiger partial charge in [0.05, 0.1) is 19.0 Å². The molecule has 0 spiro atoms. The fourth-order valence-corrected chi connectivity index (χ4v) is 2.34. The summed E-state index contributed by atoms with van der Waals surface area (Å²) in [4.78, 5) is 16.1. The van der Waals surface area contributed by atoms with E-state index in [1.807, 2.05) is 31.3 Å². The maximum atomic E-state index is 13.6. The number of anilines is 1. The summed E-state index contributed by atoms with van der Waals surface area (Å²) in [5.74, 6) is -1.05. The number of nitrogens with one attached hydrogen (secondary N) is 2. The van der Waals surface area contributed by atoms with Gasteiger partial charge in [-0.15, -0.1) is 0 Å². The van der Waals surface area contributed by atoms with Crippen LogP contribution in [0.3, 0.4) is 0 Å². The quantitative estimate of drug-likeness (QED) is 0.726. The highest BCUT2D eigenvalue weighted by Gasteiger charge is 2.13. The van der Waals surface area contributed by atoms with Crippen LogP contribution in [0.15, 0.2) is 42.6 Å². The van der Waals surface area contributed by atoms with E-state index in [1.165, 1.54) is 19.4 Å². The molecule has 3 aromatic rings. The Kier molecular flexibility index (Phi) is 3.84. The number of nitrogens with zero attached hydrogens (tertiary/aromatic N) is 2. The van der Waals surface area contributed by atoms with Crippen LogP contribution in [-0.2, 0) is 7.05 Å². The summed E-state index contributed by atoms with van der Waals surface area (Å²) in [6.45, 7) is 0. The Balaban J connectivity index is 1.76. The van der Waals surface area contributed by atoms with Crippen molar-refractivity contribution in [1.29, 1.82) is 0 Å². The SMILES string of the molecule is COc1ncc(NNC(=O)c2cc3ccccc3n2C)cc1F. The summed E-state index contributed by atoms with van der Waals surface area (Å²) in [5, 5.41) is 0.970. The number of hydrazine groups is 1. The summed E-state index contributed by atoms with van der Waals surface area (Å²) in [5.41, 5.74) is 6.92. The molecule has 0 saturated carbocycles. The van der Waals surface area contributed by atoms with Crippen LogP contribution in [0.25, 0.3) is 10.9 Å². The fraction of sp³-hybridized carbons (Fsp3) is 0.125. The average molecular weight is 314 g/mol. The Morgan fingerprint density at radius 1 is 1.30 bits per heavy atom. The van der Waals surface area contributed by atoms with Crippen molar-refractivity contribution in [1.82, 2.24) is 15.0 Å². The lowest BCUT2D eigenvalue weighted by Gasteiger charge is -2.10. The molecule has 2 heterocycles. The summed E-state index contributed by atoms with van der Waals surface area (Å²) >= 11 is 0. The molecular formula is C16H15FN4O2. The van der Waals surface area contributed by atoms with Crippen LogP contribution in [0.5, 0.6) is 5.88 Å². The molecule has 3 rings (SSSR count). The standard InChI is InChI=1S/C16H15FN4O2/c1-21-13-6-4-3-5-10(13)7-14(21)15(22)20-19-11-8-12(17)16(23-2)18-9-11/h3-9,19H,1-2H3,(H,20,22). The number of aromatic nitrogens is 2. The van der Waals surface area contributed by atoms with E-state index in [2.05, 4.69) is 15.8 Å². The molecule has 0 unspecified atom stereocenters. The normalized spacial score (nSPS) is 10.6. The van der Waals surface area contributed by atoms with Crippen LogP contribution in [0.4, 0.5) is 10.1 Å². The predicted octanol–water partition coefficient (Wildman–Crippen LogP) is 2.48. The number of carbonyl (C=O) groups excluding carboxylic acids is 1. The summed E-state index contributed by atoms with van der Waals surface area (Å²) < 4.78 is 20.1. The topological polar surface area (TPSA) is 68.2 Å². The number of rotatable bonds is 4. The molecule has 2 aromatic heterocycles. The first-order chi connectivity index (χ1) is 11.1. The van der Waals surface area contributed by atoms with Crippen molar-refractivity contribution in [3.8, 4) is 5.88 Å². The number of amides is 1. The molecule has 118 valence electrons. The van der Waals surface area contributed by atoms with Crippen LogP contribution >= 0.6 is 0 Å².